The molecule has 0 unspecified atom stereocenters. The van der Waals surface area contributed by atoms with Crippen LogP contribution in [0.2, 0.25) is 5.02 Å². The highest BCUT2D eigenvalue weighted by atomic mass is 35.5. The van der Waals surface area contributed by atoms with Gasteiger partial charge in [-0.15, -0.1) is 11.3 Å². The maximum absolute atomic E-state index is 13.6. The van der Waals surface area contributed by atoms with Gasteiger partial charge < -0.3 is 10.1 Å². The first-order valence-electron chi connectivity index (χ1n) is 11.7. The van der Waals surface area contributed by atoms with Gasteiger partial charge in [0.05, 0.1) is 22.8 Å². The molecule has 0 bridgehead atoms. The van der Waals surface area contributed by atoms with Crippen molar-refractivity contribution in [3.63, 3.8) is 0 Å². The number of sulfonamides is 1. The second-order valence-electron chi connectivity index (χ2n) is 8.44. The molecule has 1 N–H and O–H groups in total. The Morgan fingerprint density at radius 2 is 1.83 bits per heavy atom. The first kappa shape index (κ1) is 26.2. The Morgan fingerprint density at radius 3 is 2.53 bits per heavy atom. The van der Waals surface area contributed by atoms with Crippen molar-refractivity contribution in [3.05, 3.63) is 75.1 Å². The Morgan fingerprint density at radius 1 is 1.11 bits per heavy atom. The molecule has 0 aliphatic heterocycles. The minimum atomic E-state index is -4.08. The molecule has 2 aromatic carbocycles. The van der Waals surface area contributed by atoms with Crippen molar-refractivity contribution in [1.29, 1.82) is 0 Å². The summed E-state index contributed by atoms with van der Waals surface area (Å²) in [5, 5.41) is 3.58. The first-order chi connectivity index (χ1) is 17.2. The summed E-state index contributed by atoms with van der Waals surface area (Å²) in [5.41, 5.74) is 2.34. The molecule has 7 nitrogen and oxygen atoms in total. The average Bonchev–Trinajstić information content (AvgIpc) is 3.22. The van der Waals surface area contributed by atoms with Crippen molar-refractivity contribution < 1.29 is 22.7 Å². The number of carbonyl (C=O) groups excluding carboxylic acids is 2. The van der Waals surface area contributed by atoms with E-state index in [4.69, 9.17) is 16.3 Å². The molecule has 0 atom stereocenters. The summed E-state index contributed by atoms with van der Waals surface area (Å²) in [6.45, 7) is 3.26. The smallest absolute Gasteiger partial charge is 0.341 e. The molecule has 1 heterocycles. The Kier molecular flexibility index (Phi) is 8.02. The van der Waals surface area contributed by atoms with Crippen LogP contribution in [0.4, 0.5) is 10.7 Å². The zero-order chi connectivity index (χ0) is 25.9. The average molecular weight is 547 g/mol. The molecule has 0 saturated carbocycles. The van der Waals surface area contributed by atoms with Crippen molar-refractivity contribution in [2.45, 2.75) is 44.4 Å². The SMILES string of the molecule is CCOC(=O)c1c(NC(=O)CN(c2ccc(C)c(Cl)c2)S(=O)(=O)c2ccccc2)sc2c1CCCC2. The van der Waals surface area contributed by atoms with Gasteiger partial charge in [-0.25, -0.2) is 13.2 Å². The van der Waals surface area contributed by atoms with Crippen molar-refractivity contribution in [2.24, 2.45) is 0 Å². The molecular formula is C26H27ClN2O5S2. The summed E-state index contributed by atoms with van der Waals surface area (Å²) < 4.78 is 33.4. The second-order valence-corrected chi connectivity index (χ2v) is 11.8. The number of hydrogen-bond acceptors (Lipinski definition) is 6. The topological polar surface area (TPSA) is 92.8 Å². The predicted molar refractivity (Wildman–Crippen MR) is 143 cm³/mol. The number of nitrogens with zero attached hydrogens (tertiary/aromatic N) is 1. The minimum absolute atomic E-state index is 0.0493. The lowest BCUT2D eigenvalue weighted by Gasteiger charge is -2.24. The Hall–Kier alpha value is -2.88. The number of ether oxygens (including phenoxy) is 1. The van der Waals surface area contributed by atoms with Crippen LogP contribution in [-0.4, -0.2) is 33.4 Å². The number of thiophene rings is 1. The van der Waals surface area contributed by atoms with Crippen molar-refractivity contribution in [3.8, 4) is 0 Å². The third kappa shape index (κ3) is 5.43. The van der Waals surface area contributed by atoms with Crippen LogP contribution in [0.25, 0.3) is 0 Å². The number of benzene rings is 2. The van der Waals surface area contributed by atoms with Crippen LogP contribution < -0.4 is 9.62 Å². The minimum Gasteiger partial charge on any atom is -0.462 e. The summed E-state index contributed by atoms with van der Waals surface area (Å²) in [7, 11) is -4.08. The molecule has 10 heteroatoms. The van der Waals surface area contributed by atoms with E-state index in [2.05, 4.69) is 5.32 Å². The van der Waals surface area contributed by atoms with E-state index in [-0.39, 0.29) is 17.2 Å². The lowest BCUT2D eigenvalue weighted by atomic mass is 9.95. The number of fused-ring (bicyclic) bond motifs is 1. The molecule has 36 heavy (non-hydrogen) atoms. The van der Waals surface area contributed by atoms with Gasteiger partial charge in [0.1, 0.15) is 11.5 Å². The second kappa shape index (κ2) is 11.0. The van der Waals surface area contributed by atoms with Gasteiger partial charge in [0, 0.05) is 9.90 Å². The molecule has 3 aromatic rings. The fourth-order valence-corrected chi connectivity index (χ4v) is 7.04. The predicted octanol–water partition coefficient (Wildman–Crippen LogP) is 5.60. The summed E-state index contributed by atoms with van der Waals surface area (Å²) in [6.07, 6.45) is 3.55. The molecule has 1 aliphatic rings. The van der Waals surface area contributed by atoms with Gasteiger partial charge in [-0.3, -0.25) is 9.10 Å². The number of carbonyl (C=O) groups is 2. The highest BCUT2D eigenvalue weighted by Gasteiger charge is 2.30. The van der Waals surface area contributed by atoms with Gasteiger partial charge >= 0.3 is 5.97 Å². The Labute approximate surface area is 220 Å². The van der Waals surface area contributed by atoms with E-state index >= 15 is 0 Å². The van der Waals surface area contributed by atoms with Gasteiger partial charge in [0.25, 0.3) is 10.0 Å². The first-order valence-corrected chi connectivity index (χ1v) is 14.3. The summed E-state index contributed by atoms with van der Waals surface area (Å²) in [4.78, 5) is 27.1. The van der Waals surface area contributed by atoms with Gasteiger partial charge in [-0.05, 0) is 74.9 Å². The number of anilines is 2. The van der Waals surface area contributed by atoms with Crippen molar-refractivity contribution in [1.82, 2.24) is 0 Å². The van der Waals surface area contributed by atoms with Gasteiger partial charge in [0.2, 0.25) is 5.91 Å². The fourth-order valence-electron chi connectivity index (χ4n) is 4.14. The van der Waals surface area contributed by atoms with Crippen LogP contribution in [-0.2, 0) is 32.4 Å². The summed E-state index contributed by atoms with van der Waals surface area (Å²) in [6, 6.07) is 12.7. The monoisotopic (exact) mass is 546 g/mol. The number of amides is 1. The molecule has 1 amide bonds. The highest BCUT2D eigenvalue weighted by Crippen LogP contribution is 2.39. The molecule has 0 fully saturated rings. The Balaban J connectivity index is 1.68. The zero-order valence-corrected chi connectivity index (χ0v) is 22.4. The van der Waals surface area contributed by atoms with Crippen molar-refractivity contribution >= 4 is 55.5 Å². The van der Waals surface area contributed by atoms with E-state index in [9.17, 15) is 18.0 Å². The lowest BCUT2D eigenvalue weighted by Crippen LogP contribution is -2.38. The van der Waals surface area contributed by atoms with Gasteiger partial charge in [0.15, 0.2) is 0 Å². The van der Waals surface area contributed by atoms with E-state index in [0.717, 1.165) is 46.0 Å². The number of hydrogen-bond donors (Lipinski definition) is 1. The third-order valence-corrected chi connectivity index (χ3v) is 9.37. The van der Waals surface area contributed by atoms with E-state index in [0.29, 0.717) is 15.6 Å². The third-order valence-electron chi connectivity index (χ3n) is 5.97. The highest BCUT2D eigenvalue weighted by molar-refractivity contribution is 7.92. The van der Waals surface area contributed by atoms with Crippen LogP contribution >= 0.6 is 22.9 Å². The van der Waals surface area contributed by atoms with E-state index in [1.54, 1.807) is 37.3 Å². The number of rotatable bonds is 8. The largest absolute Gasteiger partial charge is 0.462 e. The van der Waals surface area contributed by atoms with Gasteiger partial charge in [-0.2, -0.15) is 0 Å². The quantitative estimate of drug-likeness (QED) is 0.371. The van der Waals surface area contributed by atoms with E-state index in [1.807, 2.05) is 6.92 Å². The Bertz CT molecular complexity index is 1390. The molecule has 4 rings (SSSR count). The molecule has 0 spiro atoms. The van der Waals surface area contributed by atoms with Crippen molar-refractivity contribution in [2.75, 3.05) is 22.8 Å². The standard InChI is InChI=1S/C26H27ClN2O5S2/c1-3-34-26(31)24-20-11-7-8-12-22(20)35-25(24)28-23(30)16-29(18-14-13-17(2)21(27)15-18)36(32,33)19-9-5-4-6-10-19/h4-6,9-10,13-15H,3,7-8,11-12,16H2,1-2H3,(H,28,30). The molecule has 0 saturated heterocycles. The van der Waals surface area contributed by atoms with Gasteiger partial charge in [-0.1, -0.05) is 35.9 Å². The van der Waals surface area contributed by atoms with Crippen LogP contribution in [0.1, 0.15) is 46.1 Å². The fraction of sp³-hybridized carbons (Fsp3) is 0.308. The molecule has 0 radical (unpaired) electrons. The number of aryl methyl sites for hydroxylation is 2. The summed E-state index contributed by atoms with van der Waals surface area (Å²) in [5.74, 6) is -1.05. The van der Waals surface area contributed by atoms with E-state index < -0.39 is 28.4 Å². The van der Waals surface area contributed by atoms with E-state index in [1.165, 1.54) is 29.5 Å². The van der Waals surface area contributed by atoms with Crippen LogP contribution in [0.5, 0.6) is 0 Å². The number of halogens is 1. The van der Waals surface area contributed by atoms with Crippen LogP contribution in [0.15, 0.2) is 53.4 Å². The van der Waals surface area contributed by atoms with Crippen LogP contribution in [0, 0.1) is 6.92 Å². The van der Waals surface area contributed by atoms with Crippen LogP contribution in [0.3, 0.4) is 0 Å². The number of nitrogens with one attached hydrogen (secondary N) is 1. The normalized spacial score (nSPS) is 13.1. The molecule has 190 valence electrons. The zero-order valence-electron chi connectivity index (χ0n) is 20.0. The molecule has 1 aromatic heterocycles. The molecule has 1 aliphatic carbocycles. The maximum Gasteiger partial charge on any atom is 0.341 e. The lowest BCUT2D eigenvalue weighted by molar-refractivity contribution is -0.114. The maximum atomic E-state index is 13.6. The summed E-state index contributed by atoms with van der Waals surface area (Å²) >= 11 is 7.65. The molecular weight excluding hydrogens is 520 g/mol. The number of esters is 1.